The molecule has 2 N–H and O–H groups in total. The SMILES string of the molecule is CN1C=C=CC(Nc2ncc(-c3ccc(CC(=O)Nc4cncc(C(C)(F)F)c4)cc3)cn2)=C1. The van der Waals surface area contributed by atoms with Crippen LogP contribution in [-0.2, 0) is 17.1 Å². The molecular weight excluding hydrogens is 438 g/mol. The lowest BCUT2D eigenvalue weighted by atomic mass is 10.0. The molecule has 0 saturated heterocycles. The van der Waals surface area contributed by atoms with E-state index >= 15 is 0 Å². The average Bonchev–Trinajstić information content (AvgIpc) is 2.80. The maximum Gasteiger partial charge on any atom is 0.272 e. The predicted molar refractivity (Wildman–Crippen MR) is 126 cm³/mol. The fourth-order valence-corrected chi connectivity index (χ4v) is 3.23. The highest BCUT2D eigenvalue weighted by molar-refractivity contribution is 5.92. The molecule has 3 heterocycles. The minimum absolute atomic E-state index is 0.0951. The molecule has 0 bridgehead atoms. The van der Waals surface area contributed by atoms with Crippen LogP contribution in [0.25, 0.3) is 11.1 Å². The van der Waals surface area contributed by atoms with Gasteiger partial charge in [-0.3, -0.25) is 9.78 Å². The van der Waals surface area contributed by atoms with Gasteiger partial charge in [0.25, 0.3) is 5.92 Å². The predicted octanol–water partition coefficient (Wildman–Crippen LogP) is 4.70. The first-order chi connectivity index (χ1) is 16.3. The van der Waals surface area contributed by atoms with E-state index in [4.69, 9.17) is 0 Å². The van der Waals surface area contributed by atoms with Gasteiger partial charge in [-0.1, -0.05) is 24.3 Å². The van der Waals surface area contributed by atoms with E-state index in [0.717, 1.165) is 35.5 Å². The Balaban J connectivity index is 1.36. The summed E-state index contributed by atoms with van der Waals surface area (Å²) in [4.78, 5) is 26.7. The van der Waals surface area contributed by atoms with Gasteiger partial charge < -0.3 is 15.5 Å². The number of hydrogen-bond acceptors (Lipinski definition) is 6. The standard InChI is InChI=1S/C25H22F2N6O/c1-25(26,27)20-11-22(15-28-14-20)31-23(34)10-17-5-7-18(8-6-17)19-12-29-24(30-13-19)32-21-4-3-9-33(2)16-21/h4-9,11-16H,10H2,1-2H3,(H,31,34)(H,29,30,32). The third kappa shape index (κ3) is 5.90. The lowest BCUT2D eigenvalue weighted by Crippen LogP contribution is -2.15. The number of carbonyl (C=O) groups is 1. The Kier molecular flexibility index (Phi) is 6.47. The molecule has 0 fully saturated rings. The zero-order valence-electron chi connectivity index (χ0n) is 18.6. The van der Waals surface area contributed by atoms with Crippen molar-refractivity contribution in [2.45, 2.75) is 19.3 Å². The molecule has 172 valence electrons. The van der Waals surface area contributed by atoms with E-state index in [2.05, 4.69) is 31.3 Å². The number of aromatic nitrogens is 3. The van der Waals surface area contributed by atoms with E-state index in [1.54, 1.807) is 18.5 Å². The second-order valence-electron chi connectivity index (χ2n) is 7.88. The van der Waals surface area contributed by atoms with Gasteiger partial charge >= 0.3 is 0 Å². The van der Waals surface area contributed by atoms with Gasteiger partial charge in [0.2, 0.25) is 11.9 Å². The lowest BCUT2D eigenvalue weighted by Gasteiger charge is -2.13. The lowest BCUT2D eigenvalue weighted by molar-refractivity contribution is -0.115. The van der Waals surface area contributed by atoms with Crippen LogP contribution in [0.4, 0.5) is 20.4 Å². The Bertz CT molecular complexity index is 1270. The first-order valence-electron chi connectivity index (χ1n) is 10.4. The second kappa shape index (κ2) is 9.64. The van der Waals surface area contributed by atoms with Gasteiger partial charge in [0.05, 0.1) is 24.0 Å². The zero-order chi connectivity index (χ0) is 24.1. The molecule has 9 heteroatoms. The molecule has 1 aliphatic rings. The van der Waals surface area contributed by atoms with Crippen molar-refractivity contribution < 1.29 is 13.6 Å². The summed E-state index contributed by atoms with van der Waals surface area (Å²) in [5, 5.41) is 5.73. The molecule has 34 heavy (non-hydrogen) atoms. The van der Waals surface area contributed by atoms with Gasteiger partial charge in [0, 0.05) is 62.2 Å². The summed E-state index contributed by atoms with van der Waals surface area (Å²) in [5.74, 6) is -2.88. The van der Waals surface area contributed by atoms with Crippen LogP contribution in [0, 0.1) is 0 Å². The first kappa shape index (κ1) is 22.8. The van der Waals surface area contributed by atoms with Crippen LogP contribution in [0.1, 0.15) is 18.1 Å². The van der Waals surface area contributed by atoms with Crippen LogP contribution in [0.5, 0.6) is 0 Å². The molecule has 1 aromatic carbocycles. The van der Waals surface area contributed by atoms with Gasteiger partial charge in [-0.25, -0.2) is 18.7 Å². The Labute approximate surface area is 195 Å². The molecule has 7 nitrogen and oxygen atoms in total. The van der Waals surface area contributed by atoms with Gasteiger partial charge in [0.15, 0.2) is 0 Å². The van der Waals surface area contributed by atoms with Crippen LogP contribution < -0.4 is 10.6 Å². The molecule has 0 atom stereocenters. The van der Waals surface area contributed by atoms with Gasteiger partial charge in [0.1, 0.15) is 0 Å². The summed E-state index contributed by atoms with van der Waals surface area (Å²) < 4.78 is 26.9. The molecule has 0 aliphatic carbocycles. The fraction of sp³-hybridized carbons (Fsp3) is 0.160. The summed E-state index contributed by atoms with van der Waals surface area (Å²) in [5.41, 5.74) is 6.32. The molecule has 0 unspecified atom stereocenters. The van der Waals surface area contributed by atoms with E-state index in [9.17, 15) is 13.6 Å². The van der Waals surface area contributed by atoms with Gasteiger partial charge in [-0.05, 0) is 17.2 Å². The summed E-state index contributed by atoms with van der Waals surface area (Å²) in [6.07, 6.45) is 11.5. The minimum Gasteiger partial charge on any atom is -0.349 e. The van der Waals surface area contributed by atoms with Crippen LogP contribution in [-0.4, -0.2) is 32.8 Å². The Morgan fingerprint density at radius 2 is 1.82 bits per heavy atom. The van der Waals surface area contributed by atoms with E-state index in [-0.39, 0.29) is 23.6 Å². The smallest absolute Gasteiger partial charge is 0.272 e. The van der Waals surface area contributed by atoms with E-state index in [0.29, 0.717) is 5.95 Å². The second-order valence-corrected chi connectivity index (χ2v) is 7.88. The molecule has 1 amide bonds. The number of nitrogens with zero attached hydrogens (tertiary/aromatic N) is 4. The quantitative estimate of drug-likeness (QED) is 0.498. The van der Waals surface area contributed by atoms with Crippen molar-refractivity contribution >= 4 is 17.5 Å². The number of alkyl halides is 2. The summed E-state index contributed by atoms with van der Waals surface area (Å²) >= 11 is 0. The number of carbonyl (C=O) groups excluding carboxylic acids is 1. The topological polar surface area (TPSA) is 83.0 Å². The van der Waals surface area contributed by atoms with Crippen molar-refractivity contribution in [2.24, 2.45) is 0 Å². The maximum absolute atomic E-state index is 13.5. The highest BCUT2D eigenvalue weighted by atomic mass is 19.3. The third-order valence-corrected chi connectivity index (χ3v) is 4.95. The van der Waals surface area contributed by atoms with Crippen molar-refractivity contribution in [1.82, 2.24) is 19.9 Å². The van der Waals surface area contributed by atoms with Crippen LogP contribution >= 0.6 is 0 Å². The number of halogens is 2. The third-order valence-electron chi connectivity index (χ3n) is 4.95. The minimum atomic E-state index is -3.03. The fourth-order valence-electron chi connectivity index (χ4n) is 3.23. The number of amides is 1. The maximum atomic E-state index is 13.5. The molecular formula is C25H22F2N6O. The largest absolute Gasteiger partial charge is 0.349 e. The van der Waals surface area contributed by atoms with Crippen LogP contribution in [0.3, 0.4) is 0 Å². The van der Waals surface area contributed by atoms with Crippen molar-refractivity contribution in [3.8, 4) is 11.1 Å². The number of nitrogens with one attached hydrogen (secondary N) is 2. The molecule has 4 rings (SSSR count). The summed E-state index contributed by atoms with van der Waals surface area (Å²) in [7, 11) is 1.90. The summed E-state index contributed by atoms with van der Waals surface area (Å²) in [6, 6.07) is 8.63. The highest BCUT2D eigenvalue weighted by Crippen LogP contribution is 2.28. The number of allylic oxidation sites excluding steroid dienone is 1. The van der Waals surface area contributed by atoms with Crippen LogP contribution in [0.2, 0.25) is 0 Å². The van der Waals surface area contributed by atoms with Crippen molar-refractivity contribution in [2.75, 3.05) is 17.7 Å². The Hall–Kier alpha value is -4.36. The van der Waals surface area contributed by atoms with Gasteiger partial charge in [-0.15, -0.1) is 5.73 Å². The Morgan fingerprint density at radius 1 is 1.09 bits per heavy atom. The van der Waals surface area contributed by atoms with E-state index < -0.39 is 5.92 Å². The van der Waals surface area contributed by atoms with E-state index in [1.165, 1.54) is 12.3 Å². The van der Waals surface area contributed by atoms with Crippen LogP contribution in [0.15, 0.2) is 85.0 Å². The normalized spacial score (nSPS) is 12.9. The molecule has 3 aromatic rings. The van der Waals surface area contributed by atoms with Gasteiger partial charge in [-0.2, -0.15) is 0 Å². The van der Waals surface area contributed by atoms with E-state index in [1.807, 2.05) is 48.6 Å². The molecule has 0 spiro atoms. The average molecular weight is 460 g/mol. The van der Waals surface area contributed by atoms with Crippen molar-refractivity contribution in [3.05, 3.63) is 96.2 Å². The number of benzene rings is 1. The first-order valence-corrected chi connectivity index (χ1v) is 10.4. The van der Waals surface area contributed by atoms with Crippen molar-refractivity contribution in [1.29, 1.82) is 0 Å². The molecule has 2 aromatic heterocycles. The monoisotopic (exact) mass is 460 g/mol. The number of hydrogen-bond donors (Lipinski definition) is 2. The summed E-state index contributed by atoms with van der Waals surface area (Å²) in [6.45, 7) is 0.786. The highest BCUT2D eigenvalue weighted by Gasteiger charge is 2.25. The number of anilines is 2. The van der Waals surface area contributed by atoms with Crippen molar-refractivity contribution in [3.63, 3.8) is 0 Å². The molecule has 0 radical (unpaired) electrons. The molecule has 0 saturated carbocycles. The number of pyridine rings is 1. The zero-order valence-corrected chi connectivity index (χ0v) is 18.6. The Morgan fingerprint density at radius 3 is 2.50 bits per heavy atom. The number of rotatable bonds is 7. The molecule has 1 aliphatic heterocycles.